The fourth-order valence-electron chi connectivity index (χ4n) is 5.60. The number of carboxylic acids is 1. The van der Waals surface area contributed by atoms with Crippen molar-refractivity contribution >= 4 is 11.9 Å². The van der Waals surface area contributed by atoms with Crippen molar-refractivity contribution in [3.8, 4) is 0 Å². The predicted molar refractivity (Wildman–Crippen MR) is 190 cm³/mol. The molecule has 0 saturated heterocycles. The van der Waals surface area contributed by atoms with E-state index in [0.29, 0.717) is 12.8 Å². The zero-order chi connectivity index (χ0) is 32.2. The number of esters is 1. The van der Waals surface area contributed by atoms with Gasteiger partial charge in [-0.15, -0.1) is 0 Å². The molecule has 1 atom stereocenters. The first-order valence-corrected chi connectivity index (χ1v) is 19.0. The van der Waals surface area contributed by atoms with E-state index in [4.69, 9.17) is 9.84 Å². The molecule has 0 aliphatic rings. The van der Waals surface area contributed by atoms with Crippen molar-refractivity contribution in [3.63, 3.8) is 0 Å². The molecule has 0 aromatic heterocycles. The first kappa shape index (κ1) is 42.2. The van der Waals surface area contributed by atoms with Crippen LogP contribution < -0.4 is 0 Å². The van der Waals surface area contributed by atoms with Gasteiger partial charge < -0.3 is 9.84 Å². The summed E-state index contributed by atoms with van der Waals surface area (Å²) in [6, 6.07) is 0. The molecule has 4 nitrogen and oxygen atoms in total. The lowest BCUT2D eigenvalue weighted by atomic mass is 10.0. The molecule has 0 fully saturated rings. The second-order valence-electron chi connectivity index (χ2n) is 12.7. The summed E-state index contributed by atoms with van der Waals surface area (Å²) in [5, 5.41) is 9.10. The summed E-state index contributed by atoms with van der Waals surface area (Å²) in [5.41, 5.74) is 0. The van der Waals surface area contributed by atoms with Gasteiger partial charge in [-0.05, 0) is 57.8 Å². The molecule has 1 N–H and O–H groups in total. The molecule has 4 heteroatoms. The quantitative estimate of drug-likeness (QED) is 0.0444. The van der Waals surface area contributed by atoms with E-state index in [1.54, 1.807) is 0 Å². The van der Waals surface area contributed by atoms with Gasteiger partial charge in [0.25, 0.3) is 0 Å². The number of rotatable bonds is 34. The molecule has 0 radical (unpaired) electrons. The van der Waals surface area contributed by atoms with E-state index in [1.807, 2.05) is 0 Å². The second kappa shape index (κ2) is 35.6. The Morgan fingerprint density at radius 2 is 0.977 bits per heavy atom. The summed E-state index contributed by atoms with van der Waals surface area (Å²) in [4.78, 5) is 23.5. The number of hydrogen-bond acceptors (Lipinski definition) is 3. The number of carboxylic acid groups (broad SMARTS) is 1. The molecule has 0 bridgehead atoms. The van der Waals surface area contributed by atoms with E-state index < -0.39 is 5.97 Å². The number of carbonyl (C=O) groups excluding carboxylic acids is 1. The Hall–Kier alpha value is -1.84. The molecule has 1 unspecified atom stereocenters. The SMILES string of the molecule is CC/C=C\C/C=C\C/C=C\CCCCCCCCCCCC(=O)OC(CCCCCCCCCCCCCC)CCC(=O)O. The van der Waals surface area contributed by atoms with Crippen molar-refractivity contribution in [2.24, 2.45) is 0 Å². The van der Waals surface area contributed by atoms with Gasteiger partial charge >= 0.3 is 11.9 Å². The van der Waals surface area contributed by atoms with Crippen LogP contribution in [-0.2, 0) is 14.3 Å². The van der Waals surface area contributed by atoms with Crippen LogP contribution in [0.2, 0.25) is 0 Å². The number of hydrogen-bond donors (Lipinski definition) is 1. The van der Waals surface area contributed by atoms with E-state index in [9.17, 15) is 9.59 Å². The van der Waals surface area contributed by atoms with Crippen molar-refractivity contribution in [1.29, 1.82) is 0 Å². The van der Waals surface area contributed by atoms with Gasteiger partial charge in [-0.1, -0.05) is 166 Å². The highest BCUT2D eigenvalue weighted by atomic mass is 16.5. The summed E-state index contributed by atoms with van der Waals surface area (Å²) >= 11 is 0. The van der Waals surface area contributed by atoms with E-state index >= 15 is 0 Å². The van der Waals surface area contributed by atoms with E-state index in [0.717, 1.165) is 51.4 Å². The summed E-state index contributed by atoms with van der Waals surface area (Å²) in [7, 11) is 0. The summed E-state index contributed by atoms with van der Waals surface area (Å²) in [5.74, 6) is -0.958. The summed E-state index contributed by atoms with van der Waals surface area (Å²) in [6.07, 6.45) is 45.9. The van der Waals surface area contributed by atoms with Gasteiger partial charge in [0.15, 0.2) is 0 Å². The Bertz CT molecular complexity index is 708. The van der Waals surface area contributed by atoms with Gasteiger partial charge in [-0.3, -0.25) is 9.59 Å². The number of allylic oxidation sites excluding steroid dienone is 6. The van der Waals surface area contributed by atoms with Crippen molar-refractivity contribution in [1.82, 2.24) is 0 Å². The molecular formula is C40H72O4. The molecule has 0 aliphatic carbocycles. The van der Waals surface area contributed by atoms with Crippen molar-refractivity contribution in [3.05, 3.63) is 36.5 Å². The largest absolute Gasteiger partial charge is 0.481 e. The van der Waals surface area contributed by atoms with Gasteiger partial charge in [0.05, 0.1) is 0 Å². The Morgan fingerprint density at radius 1 is 0.523 bits per heavy atom. The number of carbonyl (C=O) groups is 2. The number of aliphatic carboxylic acids is 1. The first-order chi connectivity index (χ1) is 21.6. The lowest BCUT2D eigenvalue weighted by Gasteiger charge is -2.17. The zero-order valence-electron chi connectivity index (χ0n) is 29.2. The normalized spacial score (nSPS) is 12.6. The van der Waals surface area contributed by atoms with Gasteiger partial charge in [-0.25, -0.2) is 0 Å². The maximum Gasteiger partial charge on any atom is 0.306 e. The summed E-state index contributed by atoms with van der Waals surface area (Å²) in [6.45, 7) is 4.43. The Labute approximate surface area is 273 Å². The maximum absolute atomic E-state index is 12.4. The molecule has 0 spiro atoms. The minimum atomic E-state index is -0.813. The van der Waals surface area contributed by atoms with Gasteiger partial charge in [0.1, 0.15) is 6.10 Å². The molecule has 44 heavy (non-hydrogen) atoms. The van der Waals surface area contributed by atoms with E-state index in [2.05, 4.69) is 50.3 Å². The minimum Gasteiger partial charge on any atom is -0.481 e. The van der Waals surface area contributed by atoms with Gasteiger partial charge in [-0.2, -0.15) is 0 Å². The topological polar surface area (TPSA) is 63.6 Å². The Morgan fingerprint density at radius 3 is 1.50 bits per heavy atom. The van der Waals surface area contributed by atoms with Crippen molar-refractivity contribution in [2.45, 2.75) is 206 Å². The molecule has 0 aliphatic heterocycles. The standard InChI is InChI=1S/C40H72O4/c1-3-5-7-9-11-13-15-17-18-19-20-21-22-23-25-27-29-31-33-35-40(43)44-38(36-37-39(41)42)34-32-30-28-26-24-16-14-12-10-8-6-4-2/h5,7,11,13,17-18,38H,3-4,6,8-10,12,14-16,19-37H2,1-2H3,(H,41,42)/b7-5-,13-11-,18-17-. The smallest absolute Gasteiger partial charge is 0.306 e. The van der Waals surface area contributed by atoms with Crippen LogP contribution in [0.1, 0.15) is 200 Å². The number of ether oxygens (including phenoxy) is 1. The van der Waals surface area contributed by atoms with Crippen LogP contribution in [0.3, 0.4) is 0 Å². The Balaban J connectivity index is 3.72. The molecular weight excluding hydrogens is 544 g/mol. The number of unbranched alkanes of at least 4 members (excludes halogenated alkanes) is 20. The second-order valence-corrected chi connectivity index (χ2v) is 12.7. The monoisotopic (exact) mass is 617 g/mol. The van der Waals surface area contributed by atoms with Crippen molar-refractivity contribution in [2.75, 3.05) is 0 Å². The third kappa shape index (κ3) is 34.6. The third-order valence-corrected chi connectivity index (χ3v) is 8.39. The van der Waals surface area contributed by atoms with Gasteiger partial charge in [0.2, 0.25) is 0 Å². The van der Waals surface area contributed by atoms with E-state index in [1.165, 1.54) is 116 Å². The van der Waals surface area contributed by atoms with Crippen molar-refractivity contribution < 1.29 is 19.4 Å². The molecule has 0 rings (SSSR count). The fourth-order valence-corrected chi connectivity index (χ4v) is 5.60. The highest BCUT2D eigenvalue weighted by Crippen LogP contribution is 2.17. The third-order valence-electron chi connectivity index (χ3n) is 8.39. The Kier molecular flexibility index (Phi) is 34.1. The van der Waals surface area contributed by atoms with Crippen LogP contribution in [0.15, 0.2) is 36.5 Å². The molecule has 0 aromatic carbocycles. The molecule has 0 amide bonds. The molecule has 0 aromatic rings. The molecule has 0 saturated carbocycles. The average Bonchev–Trinajstić information content (AvgIpc) is 3.01. The van der Waals surface area contributed by atoms with Crippen LogP contribution in [-0.4, -0.2) is 23.1 Å². The lowest BCUT2D eigenvalue weighted by molar-refractivity contribution is -0.151. The van der Waals surface area contributed by atoms with E-state index in [-0.39, 0.29) is 18.5 Å². The maximum atomic E-state index is 12.4. The average molecular weight is 617 g/mol. The first-order valence-electron chi connectivity index (χ1n) is 19.0. The minimum absolute atomic E-state index is 0.0714. The fraction of sp³-hybridized carbons (Fsp3) is 0.800. The van der Waals surface area contributed by atoms with Crippen LogP contribution in [0, 0.1) is 0 Å². The molecule has 0 heterocycles. The van der Waals surface area contributed by atoms with Crippen LogP contribution in [0.4, 0.5) is 0 Å². The van der Waals surface area contributed by atoms with Crippen LogP contribution in [0.25, 0.3) is 0 Å². The highest BCUT2D eigenvalue weighted by molar-refractivity contribution is 5.69. The molecule has 256 valence electrons. The van der Waals surface area contributed by atoms with Gasteiger partial charge in [0, 0.05) is 12.8 Å². The highest BCUT2D eigenvalue weighted by Gasteiger charge is 2.16. The zero-order valence-corrected chi connectivity index (χ0v) is 29.2. The predicted octanol–water partition coefficient (Wildman–Crippen LogP) is 13.0. The summed E-state index contributed by atoms with van der Waals surface area (Å²) < 4.78 is 5.73. The van der Waals surface area contributed by atoms with Crippen LogP contribution >= 0.6 is 0 Å². The lowest BCUT2D eigenvalue weighted by Crippen LogP contribution is -2.19. The van der Waals surface area contributed by atoms with Crippen LogP contribution in [0.5, 0.6) is 0 Å².